The Morgan fingerprint density at radius 2 is 1.74 bits per heavy atom. The van der Waals surface area contributed by atoms with E-state index in [0.29, 0.717) is 23.4 Å². The van der Waals surface area contributed by atoms with Gasteiger partial charge < -0.3 is 30.3 Å². The van der Waals surface area contributed by atoms with Crippen LogP contribution in [0.2, 0.25) is 0 Å². The largest absolute Gasteiger partial charge is 0.495 e. The number of hydrogen-bond donors (Lipinski definition) is 2. The first-order valence-electron chi connectivity index (χ1n) is 15.6. The summed E-state index contributed by atoms with van der Waals surface area (Å²) >= 11 is 0. The topological polar surface area (TPSA) is 105 Å². The number of likely N-dealkylation sites (N-methyl/N-ethyl adjacent to an activating group) is 1. The van der Waals surface area contributed by atoms with E-state index in [1.165, 1.54) is 50.3 Å². The van der Waals surface area contributed by atoms with E-state index in [2.05, 4.69) is 58.0 Å². The normalized spacial score (nSPS) is 19.9. The van der Waals surface area contributed by atoms with E-state index in [4.69, 9.17) is 25.2 Å². The van der Waals surface area contributed by atoms with Crippen LogP contribution in [0.1, 0.15) is 43.9 Å². The van der Waals surface area contributed by atoms with Gasteiger partial charge in [-0.1, -0.05) is 6.92 Å². The van der Waals surface area contributed by atoms with Crippen molar-refractivity contribution in [2.24, 2.45) is 0 Å². The highest BCUT2D eigenvalue weighted by Crippen LogP contribution is 2.40. The molecule has 0 atom stereocenters. The Bertz CT molecular complexity index is 1390. The lowest BCUT2D eigenvalue weighted by Crippen LogP contribution is -2.52. The molecule has 0 spiro atoms. The highest BCUT2D eigenvalue weighted by molar-refractivity contribution is 5.97. The van der Waals surface area contributed by atoms with E-state index >= 15 is 0 Å². The van der Waals surface area contributed by atoms with Crippen molar-refractivity contribution in [2.45, 2.75) is 58.0 Å². The summed E-state index contributed by atoms with van der Waals surface area (Å²) in [5, 5.41) is 3.65. The molecule has 0 radical (unpaired) electrons. The predicted molar refractivity (Wildman–Crippen MR) is 170 cm³/mol. The van der Waals surface area contributed by atoms with Crippen molar-refractivity contribution in [3.8, 4) is 16.9 Å². The van der Waals surface area contributed by atoms with E-state index in [1.54, 1.807) is 7.11 Å². The molecule has 226 valence electrons. The number of aryl methyl sites for hydroxylation is 2. The maximum absolute atomic E-state index is 6.35. The molecule has 3 aliphatic rings. The molecule has 0 aliphatic carbocycles. The number of piperidine rings is 1. The third-order valence-electron chi connectivity index (χ3n) is 9.33. The minimum Gasteiger partial charge on any atom is -0.495 e. The fourth-order valence-corrected chi connectivity index (χ4v) is 6.81. The highest BCUT2D eigenvalue weighted by atomic mass is 16.5. The number of hydrogen-bond acceptors (Lipinski definition) is 10. The minimum absolute atomic E-state index is 0.320. The lowest BCUT2D eigenvalue weighted by molar-refractivity contribution is 0.0903. The van der Waals surface area contributed by atoms with E-state index in [0.717, 1.165) is 79.5 Å². The van der Waals surface area contributed by atoms with Crippen LogP contribution in [-0.4, -0.2) is 103 Å². The van der Waals surface area contributed by atoms with Gasteiger partial charge in [0.25, 0.3) is 0 Å². The molecular formula is C32H46N8O2. The molecule has 10 heteroatoms. The number of anilines is 3. The van der Waals surface area contributed by atoms with E-state index in [-0.39, 0.29) is 0 Å². The number of ether oxygens (including phenoxy) is 2. The minimum atomic E-state index is 0.320. The van der Waals surface area contributed by atoms with Gasteiger partial charge in [-0.3, -0.25) is 4.90 Å². The van der Waals surface area contributed by atoms with Crippen LogP contribution in [0, 0.1) is 6.92 Å². The Labute approximate surface area is 249 Å². The number of nitrogens with two attached hydrogens (primary N) is 1. The number of nitrogen functional groups attached to an aromatic ring is 1. The standard InChI is InChI=1S/C32H46N8O2/c1-5-26-32(35-23-8-16-42-17-9-23)37-28-25(20-34-31(33)29(28)36-26)22-18-21(2)30(27(19-22)41-4)40-10-6-24(7-11-40)39-14-12-38(3)13-15-39/h18-20,23-24H,5-17H2,1-4H3,(H2,33,34)(H,35,37). The SMILES string of the molecule is CCc1nc2c(N)ncc(-c3cc(C)c(N4CCC(N5CCN(C)CC5)CC4)c(OC)c3)c2nc1NC1CCOCC1. The fraction of sp³-hybridized carbons (Fsp3) is 0.594. The quantitative estimate of drug-likeness (QED) is 0.431. The van der Waals surface area contributed by atoms with Crippen LogP contribution in [0.4, 0.5) is 17.3 Å². The average molecular weight is 575 g/mol. The Kier molecular flexibility index (Phi) is 8.65. The van der Waals surface area contributed by atoms with Crippen LogP contribution in [-0.2, 0) is 11.2 Å². The molecule has 0 saturated carbocycles. The van der Waals surface area contributed by atoms with Crippen molar-refractivity contribution < 1.29 is 9.47 Å². The van der Waals surface area contributed by atoms with Crippen molar-refractivity contribution in [3.05, 3.63) is 29.6 Å². The summed E-state index contributed by atoms with van der Waals surface area (Å²) in [6.07, 6.45) is 6.85. The van der Waals surface area contributed by atoms with Gasteiger partial charge in [0.05, 0.1) is 18.5 Å². The second kappa shape index (κ2) is 12.6. The molecule has 3 aromatic rings. The zero-order valence-corrected chi connectivity index (χ0v) is 25.7. The van der Waals surface area contributed by atoms with E-state index < -0.39 is 0 Å². The number of aromatic nitrogens is 3. The summed E-state index contributed by atoms with van der Waals surface area (Å²) in [5.41, 5.74) is 13.0. The molecule has 0 unspecified atom stereocenters. The molecule has 0 bridgehead atoms. The Morgan fingerprint density at radius 1 is 1.00 bits per heavy atom. The molecule has 1 aromatic carbocycles. The van der Waals surface area contributed by atoms with Gasteiger partial charge in [0.15, 0.2) is 5.82 Å². The van der Waals surface area contributed by atoms with Crippen molar-refractivity contribution in [2.75, 3.05) is 82.6 Å². The highest BCUT2D eigenvalue weighted by Gasteiger charge is 2.29. The molecule has 3 fully saturated rings. The maximum Gasteiger partial charge on any atom is 0.151 e. The van der Waals surface area contributed by atoms with Crippen LogP contribution in [0.3, 0.4) is 0 Å². The number of piperazine rings is 1. The van der Waals surface area contributed by atoms with Gasteiger partial charge in [-0.15, -0.1) is 0 Å². The second-order valence-corrected chi connectivity index (χ2v) is 12.1. The van der Waals surface area contributed by atoms with Gasteiger partial charge in [0.2, 0.25) is 0 Å². The average Bonchev–Trinajstić information content (AvgIpc) is 3.01. The summed E-state index contributed by atoms with van der Waals surface area (Å²) in [6.45, 7) is 12.6. The number of benzene rings is 1. The van der Waals surface area contributed by atoms with Gasteiger partial charge in [0.1, 0.15) is 22.6 Å². The molecule has 6 rings (SSSR count). The van der Waals surface area contributed by atoms with Crippen LogP contribution in [0.25, 0.3) is 22.2 Å². The molecule has 10 nitrogen and oxygen atoms in total. The number of nitrogens with one attached hydrogen (secondary N) is 1. The summed E-state index contributed by atoms with van der Waals surface area (Å²) in [5.74, 6) is 2.11. The Balaban J connectivity index is 1.30. The second-order valence-electron chi connectivity index (χ2n) is 12.1. The molecule has 0 amide bonds. The monoisotopic (exact) mass is 574 g/mol. The zero-order valence-electron chi connectivity index (χ0n) is 25.7. The number of fused-ring (bicyclic) bond motifs is 1. The maximum atomic E-state index is 6.35. The summed E-state index contributed by atoms with van der Waals surface area (Å²) in [4.78, 5) is 22.3. The summed E-state index contributed by atoms with van der Waals surface area (Å²) in [7, 11) is 3.99. The molecule has 5 heterocycles. The van der Waals surface area contributed by atoms with Gasteiger partial charge in [-0.25, -0.2) is 15.0 Å². The van der Waals surface area contributed by atoms with Crippen molar-refractivity contribution in [3.63, 3.8) is 0 Å². The molecule has 2 aromatic heterocycles. The molecule has 3 N–H and O–H groups in total. The third-order valence-corrected chi connectivity index (χ3v) is 9.33. The third kappa shape index (κ3) is 5.85. The number of methoxy groups -OCH3 is 1. The van der Waals surface area contributed by atoms with Crippen molar-refractivity contribution in [1.82, 2.24) is 24.8 Å². The lowest BCUT2D eigenvalue weighted by Gasteiger charge is -2.43. The predicted octanol–water partition coefficient (Wildman–Crippen LogP) is 3.96. The summed E-state index contributed by atoms with van der Waals surface area (Å²) < 4.78 is 11.6. The molecule has 3 aliphatic heterocycles. The smallest absolute Gasteiger partial charge is 0.151 e. The zero-order chi connectivity index (χ0) is 29.2. The van der Waals surface area contributed by atoms with Gasteiger partial charge in [-0.2, -0.15) is 0 Å². The first-order chi connectivity index (χ1) is 20.4. The van der Waals surface area contributed by atoms with Crippen molar-refractivity contribution in [1.29, 1.82) is 0 Å². The van der Waals surface area contributed by atoms with E-state index in [9.17, 15) is 0 Å². The number of nitrogens with zero attached hydrogens (tertiary/aromatic N) is 6. The lowest BCUT2D eigenvalue weighted by atomic mass is 9.98. The molecule has 3 saturated heterocycles. The fourth-order valence-electron chi connectivity index (χ4n) is 6.81. The van der Waals surface area contributed by atoms with Crippen LogP contribution < -0.4 is 20.7 Å². The molecule has 42 heavy (non-hydrogen) atoms. The van der Waals surface area contributed by atoms with Gasteiger partial charge >= 0.3 is 0 Å². The van der Waals surface area contributed by atoms with Gasteiger partial charge in [-0.05, 0) is 69.3 Å². The Morgan fingerprint density at radius 3 is 2.43 bits per heavy atom. The first-order valence-corrected chi connectivity index (χ1v) is 15.6. The van der Waals surface area contributed by atoms with Crippen LogP contribution >= 0.6 is 0 Å². The molecular weight excluding hydrogens is 528 g/mol. The van der Waals surface area contributed by atoms with E-state index in [1.807, 2.05) is 6.20 Å². The number of rotatable bonds is 7. The van der Waals surface area contributed by atoms with Crippen LogP contribution in [0.15, 0.2) is 18.3 Å². The van der Waals surface area contributed by atoms with Crippen LogP contribution in [0.5, 0.6) is 5.75 Å². The van der Waals surface area contributed by atoms with Gasteiger partial charge in [0, 0.05) is 76.3 Å². The number of pyridine rings is 1. The first kappa shape index (κ1) is 28.9. The van der Waals surface area contributed by atoms with Crippen molar-refractivity contribution >= 4 is 28.4 Å². The summed E-state index contributed by atoms with van der Waals surface area (Å²) in [6, 6.07) is 5.35. The Hall–Kier alpha value is -3.21.